The molecule has 2 rings (SSSR count). The SMILES string of the molecule is Cc1cc(COCCO)nc2ccccc12. The second-order valence-electron chi connectivity index (χ2n) is 3.72. The minimum Gasteiger partial charge on any atom is -0.394 e. The summed E-state index contributed by atoms with van der Waals surface area (Å²) in [6.45, 7) is 2.92. The van der Waals surface area contributed by atoms with E-state index in [1.54, 1.807) is 0 Å². The number of benzene rings is 1. The molecule has 0 aliphatic carbocycles. The number of fused-ring (bicyclic) bond motifs is 1. The number of rotatable bonds is 4. The maximum atomic E-state index is 8.63. The third kappa shape index (κ3) is 2.38. The van der Waals surface area contributed by atoms with Crippen molar-refractivity contribution in [1.82, 2.24) is 4.98 Å². The molecular weight excluding hydrogens is 202 g/mol. The molecule has 1 aromatic heterocycles. The number of hydrogen-bond acceptors (Lipinski definition) is 3. The number of hydrogen-bond donors (Lipinski definition) is 1. The molecule has 0 aliphatic heterocycles. The van der Waals surface area contributed by atoms with E-state index >= 15 is 0 Å². The van der Waals surface area contributed by atoms with Crippen LogP contribution in [0.15, 0.2) is 30.3 Å². The van der Waals surface area contributed by atoms with Crippen LogP contribution in [0.2, 0.25) is 0 Å². The zero-order valence-electron chi connectivity index (χ0n) is 9.31. The van der Waals surface area contributed by atoms with Gasteiger partial charge in [0.25, 0.3) is 0 Å². The molecule has 1 heterocycles. The molecule has 0 saturated heterocycles. The van der Waals surface area contributed by atoms with E-state index in [0.29, 0.717) is 13.2 Å². The molecule has 1 aromatic carbocycles. The molecule has 3 heteroatoms. The number of aliphatic hydroxyl groups is 1. The maximum Gasteiger partial charge on any atom is 0.0889 e. The summed E-state index contributed by atoms with van der Waals surface area (Å²) in [7, 11) is 0. The fourth-order valence-electron chi connectivity index (χ4n) is 1.73. The number of ether oxygens (including phenoxy) is 1. The van der Waals surface area contributed by atoms with Crippen LogP contribution in [0.25, 0.3) is 10.9 Å². The zero-order chi connectivity index (χ0) is 11.4. The van der Waals surface area contributed by atoms with E-state index in [4.69, 9.17) is 9.84 Å². The highest BCUT2D eigenvalue weighted by Gasteiger charge is 2.01. The van der Waals surface area contributed by atoms with Gasteiger partial charge < -0.3 is 9.84 Å². The second kappa shape index (κ2) is 5.05. The van der Waals surface area contributed by atoms with Gasteiger partial charge >= 0.3 is 0 Å². The topological polar surface area (TPSA) is 42.4 Å². The zero-order valence-corrected chi connectivity index (χ0v) is 9.31. The highest BCUT2D eigenvalue weighted by Crippen LogP contribution is 2.17. The van der Waals surface area contributed by atoms with Crippen LogP contribution in [0.5, 0.6) is 0 Å². The lowest BCUT2D eigenvalue weighted by molar-refractivity contribution is 0.0798. The summed E-state index contributed by atoms with van der Waals surface area (Å²) in [5.74, 6) is 0. The first kappa shape index (κ1) is 11.0. The average molecular weight is 217 g/mol. The van der Waals surface area contributed by atoms with Gasteiger partial charge in [-0.15, -0.1) is 0 Å². The normalized spacial score (nSPS) is 10.9. The van der Waals surface area contributed by atoms with Crippen molar-refractivity contribution in [2.75, 3.05) is 13.2 Å². The van der Waals surface area contributed by atoms with E-state index in [2.05, 4.69) is 18.0 Å². The van der Waals surface area contributed by atoms with Gasteiger partial charge in [0.2, 0.25) is 0 Å². The maximum absolute atomic E-state index is 8.63. The van der Waals surface area contributed by atoms with Gasteiger partial charge in [0.15, 0.2) is 0 Å². The fourth-order valence-corrected chi connectivity index (χ4v) is 1.73. The smallest absolute Gasteiger partial charge is 0.0889 e. The molecule has 16 heavy (non-hydrogen) atoms. The van der Waals surface area contributed by atoms with Crippen molar-refractivity contribution in [3.05, 3.63) is 41.6 Å². The Bertz CT molecular complexity index is 482. The quantitative estimate of drug-likeness (QED) is 0.797. The first-order chi connectivity index (χ1) is 7.81. The van der Waals surface area contributed by atoms with Crippen molar-refractivity contribution in [2.24, 2.45) is 0 Å². The van der Waals surface area contributed by atoms with Crippen molar-refractivity contribution in [2.45, 2.75) is 13.5 Å². The van der Waals surface area contributed by atoms with Gasteiger partial charge in [-0.2, -0.15) is 0 Å². The van der Waals surface area contributed by atoms with Gasteiger partial charge in [0, 0.05) is 5.39 Å². The largest absolute Gasteiger partial charge is 0.394 e. The molecule has 1 N–H and O–H groups in total. The Morgan fingerprint density at radius 3 is 2.94 bits per heavy atom. The Morgan fingerprint density at radius 2 is 2.12 bits per heavy atom. The summed E-state index contributed by atoms with van der Waals surface area (Å²) in [4.78, 5) is 4.50. The van der Waals surface area contributed by atoms with Gasteiger partial charge in [-0.3, -0.25) is 4.98 Å². The van der Waals surface area contributed by atoms with Gasteiger partial charge in [0.1, 0.15) is 0 Å². The van der Waals surface area contributed by atoms with E-state index in [1.807, 2.05) is 24.3 Å². The van der Waals surface area contributed by atoms with E-state index < -0.39 is 0 Å². The average Bonchev–Trinajstić information content (AvgIpc) is 2.30. The second-order valence-corrected chi connectivity index (χ2v) is 3.72. The molecule has 84 valence electrons. The van der Waals surface area contributed by atoms with Crippen LogP contribution in [-0.2, 0) is 11.3 Å². The van der Waals surface area contributed by atoms with Crippen LogP contribution in [0.4, 0.5) is 0 Å². The van der Waals surface area contributed by atoms with Gasteiger partial charge in [-0.1, -0.05) is 18.2 Å². The van der Waals surface area contributed by atoms with Crippen molar-refractivity contribution in [3.8, 4) is 0 Å². The highest BCUT2D eigenvalue weighted by molar-refractivity contribution is 5.81. The van der Waals surface area contributed by atoms with Crippen LogP contribution >= 0.6 is 0 Å². The molecule has 0 unspecified atom stereocenters. The number of pyridine rings is 1. The fraction of sp³-hybridized carbons (Fsp3) is 0.308. The molecule has 0 bridgehead atoms. The number of nitrogens with zero attached hydrogens (tertiary/aromatic N) is 1. The third-order valence-corrected chi connectivity index (χ3v) is 2.46. The van der Waals surface area contributed by atoms with Crippen LogP contribution in [0.1, 0.15) is 11.3 Å². The monoisotopic (exact) mass is 217 g/mol. The highest BCUT2D eigenvalue weighted by atomic mass is 16.5. The van der Waals surface area contributed by atoms with Crippen LogP contribution in [-0.4, -0.2) is 23.3 Å². The molecule has 0 saturated carbocycles. The molecule has 0 amide bonds. The first-order valence-electron chi connectivity index (χ1n) is 5.35. The number of para-hydroxylation sites is 1. The molecule has 0 radical (unpaired) electrons. The summed E-state index contributed by atoms with van der Waals surface area (Å²) in [5, 5.41) is 9.80. The first-order valence-corrected chi connectivity index (χ1v) is 5.35. The summed E-state index contributed by atoms with van der Waals surface area (Å²) in [6, 6.07) is 10.1. The number of aryl methyl sites for hydroxylation is 1. The Hall–Kier alpha value is -1.45. The van der Waals surface area contributed by atoms with Gasteiger partial charge in [0.05, 0.1) is 31.0 Å². The lowest BCUT2D eigenvalue weighted by atomic mass is 10.1. The predicted molar refractivity (Wildman–Crippen MR) is 63.2 cm³/mol. The van der Waals surface area contributed by atoms with E-state index in [1.165, 1.54) is 10.9 Å². The van der Waals surface area contributed by atoms with Crippen molar-refractivity contribution >= 4 is 10.9 Å². The Balaban J connectivity index is 2.27. The molecular formula is C13H15NO2. The molecule has 0 fully saturated rings. The van der Waals surface area contributed by atoms with Crippen molar-refractivity contribution in [1.29, 1.82) is 0 Å². The summed E-state index contributed by atoms with van der Waals surface area (Å²) in [6.07, 6.45) is 0. The third-order valence-electron chi connectivity index (χ3n) is 2.46. The summed E-state index contributed by atoms with van der Waals surface area (Å²) < 4.78 is 5.26. The lowest BCUT2D eigenvalue weighted by Gasteiger charge is -2.06. The Labute approximate surface area is 94.7 Å². The standard InChI is InChI=1S/C13H15NO2/c1-10-8-11(9-16-7-6-15)14-13-5-3-2-4-12(10)13/h2-5,8,15H,6-7,9H2,1H3. The Kier molecular flexibility index (Phi) is 3.49. The minimum absolute atomic E-state index is 0.0482. The van der Waals surface area contributed by atoms with Gasteiger partial charge in [-0.25, -0.2) is 0 Å². The predicted octanol–water partition coefficient (Wildman–Crippen LogP) is 2.05. The van der Waals surface area contributed by atoms with Crippen LogP contribution in [0.3, 0.4) is 0 Å². The number of aliphatic hydroxyl groups excluding tert-OH is 1. The van der Waals surface area contributed by atoms with E-state index in [9.17, 15) is 0 Å². The van der Waals surface area contributed by atoms with E-state index in [-0.39, 0.29) is 6.61 Å². The lowest BCUT2D eigenvalue weighted by Crippen LogP contribution is -2.01. The van der Waals surface area contributed by atoms with Crippen molar-refractivity contribution < 1.29 is 9.84 Å². The van der Waals surface area contributed by atoms with Crippen molar-refractivity contribution in [3.63, 3.8) is 0 Å². The minimum atomic E-state index is 0.0482. The molecule has 0 spiro atoms. The molecule has 2 aromatic rings. The van der Waals surface area contributed by atoms with Gasteiger partial charge in [-0.05, 0) is 24.6 Å². The molecule has 3 nitrogen and oxygen atoms in total. The van der Waals surface area contributed by atoms with Crippen LogP contribution < -0.4 is 0 Å². The number of aromatic nitrogens is 1. The Morgan fingerprint density at radius 1 is 1.31 bits per heavy atom. The molecule has 0 atom stereocenters. The summed E-state index contributed by atoms with van der Waals surface area (Å²) >= 11 is 0. The van der Waals surface area contributed by atoms with E-state index in [0.717, 1.165) is 11.2 Å². The molecule has 0 aliphatic rings. The van der Waals surface area contributed by atoms with Crippen LogP contribution in [0, 0.1) is 6.92 Å². The summed E-state index contributed by atoms with van der Waals surface area (Å²) in [5.41, 5.74) is 3.10.